The number of aliphatic hydroxyl groups is 1. The van der Waals surface area contributed by atoms with Crippen LogP contribution in [0.5, 0.6) is 0 Å². The molecule has 0 unspecified atom stereocenters. The summed E-state index contributed by atoms with van der Waals surface area (Å²) >= 11 is 3.81. The van der Waals surface area contributed by atoms with Crippen molar-refractivity contribution in [2.24, 2.45) is 22.2 Å². The van der Waals surface area contributed by atoms with Crippen molar-refractivity contribution in [3.63, 3.8) is 0 Å². The summed E-state index contributed by atoms with van der Waals surface area (Å²) in [6.45, 7) is 0.341. The number of rotatable bonds is 15. The van der Waals surface area contributed by atoms with Gasteiger partial charge in [0.15, 0.2) is 5.96 Å². The predicted molar refractivity (Wildman–Crippen MR) is 121 cm³/mol. The van der Waals surface area contributed by atoms with E-state index < -0.39 is 60.4 Å². The van der Waals surface area contributed by atoms with Crippen molar-refractivity contribution in [2.75, 3.05) is 25.4 Å². The quantitative estimate of drug-likeness (QED) is 0.0450. The summed E-state index contributed by atoms with van der Waals surface area (Å²) in [4.78, 5) is 63.5. The third-order valence-corrected chi connectivity index (χ3v) is 4.51. The molecule has 0 saturated carbocycles. The highest BCUT2D eigenvalue weighted by molar-refractivity contribution is 7.80. The lowest BCUT2D eigenvalue weighted by Gasteiger charge is -2.23. The number of carbonyl (C=O) groups excluding carboxylic acids is 4. The minimum atomic E-state index is -1.47. The Balaban J connectivity index is 5.03. The standard InChI is InChI=1S/C17H32N8O7S/c1-8(13(28)24-10(6-26)15(30)25-11(7-33)16(31)32)22-14(29)9(23-12(27)5-18)3-2-4-21-17(19)20/h8-11,26,33H,2-7,18H2,1H3,(H,22,29)(H,23,27)(H,24,28)(H,25,30)(H,31,32)(H4,19,20,21)/t8-,9-,10-,11-/m0/s1. The smallest absolute Gasteiger partial charge is 0.327 e. The fourth-order valence-electron chi connectivity index (χ4n) is 2.35. The number of nitrogens with one attached hydrogen (secondary N) is 4. The van der Waals surface area contributed by atoms with Gasteiger partial charge in [0.2, 0.25) is 23.6 Å². The van der Waals surface area contributed by atoms with Gasteiger partial charge < -0.3 is 48.7 Å². The summed E-state index contributed by atoms with van der Waals surface area (Å²) in [5.41, 5.74) is 15.7. The zero-order chi connectivity index (χ0) is 25.6. The lowest BCUT2D eigenvalue weighted by atomic mass is 10.1. The lowest BCUT2D eigenvalue weighted by Crippen LogP contribution is -2.58. The molecular weight excluding hydrogens is 460 g/mol. The molecule has 0 aliphatic heterocycles. The maximum absolute atomic E-state index is 12.6. The third kappa shape index (κ3) is 11.9. The van der Waals surface area contributed by atoms with Crippen molar-refractivity contribution in [1.82, 2.24) is 21.3 Å². The molecule has 0 saturated heterocycles. The molecule has 0 aromatic heterocycles. The zero-order valence-corrected chi connectivity index (χ0v) is 19.0. The summed E-state index contributed by atoms with van der Waals surface area (Å²) in [5.74, 6) is -4.75. The van der Waals surface area contributed by atoms with Crippen molar-refractivity contribution in [3.8, 4) is 0 Å². The molecule has 0 aliphatic carbocycles. The first-order chi connectivity index (χ1) is 15.5. The number of carbonyl (C=O) groups is 5. The Bertz CT molecular complexity index is 732. The van der Waals surface area contributed by atoms with Crippen LogP contribution in [0.2, 0.25) is 0 Å². The highest BCUT2D eigenvalue weighted by Crippen LogP contribution is 2.00. The number of amides is 4. The van der Waals surface area contributed by atoms with Gasteiger partial charge in [-0.2, -0.15) is 12.6 Å². The Hall–Kier alpha value is -3.11. The Morgan fingerprint density at radius 1 is 0.939 bits per heavy atom. The number of hydrogen-bond acceptors (Lipinski definition) is 9. The number of carboxylic acids is 1. The van der Waals surface area contributed by atoms with Crippen LogP contribution in [0.25, 0.3) is 0 Å². The van der Waals surface area contributed by atoms with Crippen LogP contribution in [-0.4, -0.2) is 95.4 Å². The number of carboxylic acid groups (broad SMARTS) is 1. The molecule has 33 heavy (non-hydrogen) atoms. The van der Waals surface area contributed by atoms with Crippen LogP contribution in [0.15, 0.2) is 4.99 Å². The summed E-state index contributed by atoms with van der Waals surface area (Å²) in [6.07, 6.45) is 0.481. The second kappa shape index (κ2) is 15.7. The number of aliphatic hydroxyl groups excluding tert-OH is 1. The highest BCUT2D eigenvalue weighted by atomic mass is 32.1. The van der Waals surface area contributed by atoms with Gasteiger partial charge in [-0.05, 0) is 19.8 Å². The second-order valence-corrected chi connectivity index (χ2v) is 7.19. The molecule has 0 radical (unpaired) electrons. The predicted octanol–water partition coefficient (Wildman–Crippen LogP) is -5.04. The molecule has 0 aliphatic rings. The van der Waals surface area contributed by atoms with Gasteiger partial charge in [0, 0.05) is 12.3 Å². The van der Waals surface area contributed by atoms with E-state index in [4.69, 9.17) is 22.3 Å². The number of thiol groups is 1. The van der Waals surface area contributed by atoms with Crippen LogP contribution < -0.4 is 38.5 Å². The first-order valence-electron chi connectivity index (χ1n) is 9.87. The number of guanidine groups is 1. The fourth-order valence-corrected chi connectivity index (χ4v) is 2.60. The minimum Gasteiger partial charge on any atom is -0.480 e. The number of nitrogens with zero attached hydrogens (tertiary/aromatic N) is 1. The van der Waals surface area contributed by atoms with Crippen LogP contribution in [0.1, 0.15) is 19.8 Å². The summed E-state index contributed by atoms with van der Waals surface area (Å²) in [7, 11) is 0. The normalized spacial score (nSPS) is 14.1. The molecule has 0 aromatic carbocycles. The molecule has 16 heteroatoms. The molecule has 0 bridgehead atoms. The fraction of sp³-hybridized carbons (Fsp3) is 0.647. The Morgan fingerprint density at radius 3 is 2.00 bits per heavy atom. The minimum absolute atomic E-state index is 0.126. The van der Waals surface area contributed by atoms with Crippen molar-refractivity contribution < 1.29 is 34.2 Å². The Labute approximate surface area is 195 Å². The van der Waals surface area contributed by atoms with Crippen molar-refractivity contribution >= 4 is 48.2 Å². The first-order valence-corrected chi connectivity index (χ1v) is 10.5. The van der Waals surface area contributed by atoms with Gasteiger partial charge in [-0.15, -0.1) is 0 Å². The highest BCUT2D eigenvalue weighted by Gasteiger charge is 2.28. The monoisotopic (exact) mass is 492 g/mol. The molecule has 0 aromatic rings. The average molecular weight is 493 g/mol. The van der Waals surface area contributed by atoms with Crippen LogP contribution in [0, 0.1) is 0 Å². The maximum atomic E-state index is 12.6. The molecule has 0 fully saturated rings. The molecule has 188 valence electrons. The van der Waals surface area contributed by atoms with E-state index in [-0.39, 0.29) is 31.2 Å². The largest absolute Gasteiger partial charge is 0.480 e. The van der Waals surface area contributed by atoms with E-state index in [9.17, 15) is 29.1 Å². The van der Waals surface area contributed by atoms with Gasteiger partial charge in [-0.25, -0.2) is 4.79 Å². The molecule has 12 N–H and O–H groups in total. The first kappa shape index (κ1) is 29.9. The summed E-state index contributed by atoms with van der Waals surface area (Å²) in [6, 6.07) is -5.00. The van der Waals surface area contributed by atoms with Crippen LogP contribution >= 0.6 is 12.6 Å². The molecule has 4 atom stereocenters. The van der Waals surface area contributed by atoms with E-state index in [1.165, 1.54) is 6.92 Å². The van der Waals surface area contributed by atoms with E-state index >= 15 is 0 Å². The number of aliphatic carboxylic acids is 1. The van der Waals surface area contributed by atoms with E-state index in [1.54, 1.807) is 0 Å². The van der Waals surface area contributed by atoms with Crippen molar-refractivity contribution in [1.29, 1.82) is 0 Å². The SMILES string of the molecule is C[C@H](NC(=O)[C@H](CCCN=C(N)N)NC(=O)CN)C(=O)N[C@@H](CO)C(=O)N[C@@H](CS)C(=O)O. The summed E-state index contributed by atoms with van der Waals surface area (Å²) < 4.78 is 0. The van der Waals surface area contributed by atoms with Crippen LogP contribution in [-0.2, 0) is 24.0 Å². The maximum Gasteiger partial charge on any atom is 0.327 e. The van der Waals surface area contributed by atoms with E-state index in [2.05, 4.69) is 38.9 Å². The zero-order valence-electron chi connectivity index (χ0n) is 18.1. The number of nitrogens with two attached hydrogens (primary N) is 3. The molecular formula is C17H32N8O7S. The second-order valence-electron chi connectivity index (χ2n) is 6.83. The van der Waals surface area contributed by atoms with E-state index in [0.717, 1.165) is 0 Å². The lowest BCUT2D eigenvalue weighted by molar-refractivity contribution is -0.141. The van der Waals surface area contributed by atoms with Gasteiger partial charge in [-0.3, -0.25) is 24.2 Å². The Kier molecular flexibility index (Phi) is 14.2. The number of aliphatic imine (C=N–C) groups is 1. The topological polar surface area (TPSA) is 264 Å². The Morgan fingerprint density at radius 2 is 1.52 bits per heavy atom. The van der Waals surface area contributed by atoms with Crippen molar-refractivity contribution in [2.45, 2.75) is 43.9 Å². The van der Waals surface area contributed by atoms with Gasteiger partial charge >= 0.3 is 5.97 Å². The number of hydrogen-bond donors (Lipinski definition) is 10. The van der Waals surface area contributed by atoms with Crippen LogP contribution in [0.3, 0.4) is 0 Å². The van der Waals surface area contributed by atoms with Crippen LogP contribution in [0.4, 0.5) is 0 Å². The molecule has 0 rings (SSSR count). The van der Waals surface area contributed by atoms with Gasteiger partial charge in [0.05, 0.1) is 13.2 Å². The van der Waals surface area contributed by atoms with Gasteiger partial charge in [0.1, 0.15) is 24.2 Å². The molecule has 0 heterocycles. The average Bonchev–Trinajstić information content (AvgIpc) is 2.76. The molecule has 4 amide bonds. The molecule has 0 spiro atoms. The van der Waals surface area contributed by atoms with E-state index in [0.29, 0.717) is 6.42 Å². The van der Waals surface area contributed by atoms with Crippen molar-refractivity contribution in [3.05, 3.63) is 0 Å². The van der Waals surface area contributed by atoms with E-state index in [1.807, 2.05) is 0 Å². The van der Waals surface area contributed by atoms with Gasteiger partial charge in [0.25, 0.3) is 0 Å². The van der Waals surface area contributed by atoms with Gasteiger partial charge in [-0.1, -0.05) is 0 Å². The summed E-state index contributed by atoms with van der Waals surface area (Å²) in [5, 5.41) is 27.5. The molecule has 15 nitrogen and oxygen atoms in total. The third-order valence-electron chi connectivity index (χ3n) is 4.15.